The quantitative estimate of drug-likeness (QED) is 0.683. The predicted molar refractivity (Wildman–Crippen MR) is 100 cm³/mol. The molecule has 1 aromatic heterocycles. The van der Waals surface area contributed by atoms with E-state index in [1.54, 1.807) is 54.6 Å². The highest BCUT2D eigenvalue weighted by Gasteiger charge is 2.17. The molecule has 0 saturated carbocycles. The molecule has 0 aliphatic carbocycles. The van der Waals surface area contributed by atoms with E-state index in [2.05, 4.69) is 4.72 Å². The number of fused-ring (bicyclic) bond motifs is 1. The van der Waals surface area contributed by atoms with Crippen LogP contribution in [0.5, 0.6) is 0 Å². The molecule has 0 radical (unpaired) electrons. The summed E-state index contributed by atoms with van der Waals surface area (Å²) in [6.07, 6.45) is 0. The van der Waals surface area contributed by atoms with Crippen LogP contribution in [0.3, 0.4) is 0 Å². The molecule has 3 rings (SSSR count). The van der Waals surface area contributed by atoms with Crippen LogP contribution in [-0.4, -0.2) is 18.9 Å². The number of anilines is 1. The fourth-order valence-electron chi connectivity index (χ4n) is 2.71. The van der Waals surface area contributed by atoms with Crippen LogP contribution >= 0.6 is 0 Å². The van der Waals surface area contributed by atoms with Gasteiger partial charge in [0.25, 0.3) is 5.56 Å². The minimum atomic E-state index is -3.80. The SMILES string of the molecule is NC(=O)Cn1c(=O)c(NS(=O)(=O)Cc2ccccc2)cc2ccccc21. The summed E-state index contributed by atoms with van der Waals surface area (Å²) in [5.74, 6) is -0.961. The van der Waals surface area contributed by atoms with E-state index in [1.165, 1.54) is 6.07 Å². The van der Waals surface area contributed by atoms with E-state index in [4.69, 9.17) is 5.73 Å². The van der Waals surface area contributed by atoms with Crippen molar-refractivity contribution in [3.05, 3.63) is 76.6 Å². The average Bonchev–Trinajstić information content (AvgIpc) is 2.58. The molecule has 3 aromatic rings. The summed E-state index contributed by atoms with van der Waals surface area (Å²) in [6.45, 7) is -0.340. The lowest BCUT2D eigenvalue weighted by Crippen LogP contribution is -2.31. The molecule has 1 amide bonds. The molecule has 7 nitrogen and oxygen atoms in total. The van der Waals surface area contributed by atoms with Gasteiger partial charge in [0.1, 0.15) is 12.2 Å². The fourth-order valence-corrected chi connectivity index (χ4v) is 3.90. The number of nitrogens with one attached hydrogen (secondary N) is 1. The number of hydrogen-bond donors (Lipinski definition) is 2. The van der Waals surface area contributed by atoms with Gasteiger partial charge in [0.05, 0.1) is 11.3 Å². The number of pyridine rings is 1. The smallest absolute Gasteiger partial charge is 0.275 e. The molecule has 0 fully saturated rings. The zero-order valence-corrected chi connectivity index (χ0v) is 14.6. The standard InChI is InChI=1S/C18H17N3O4S/c19-17(22)11-21-16-9-5-4-8-14(16)10-15(18(21)23)20-26(24,25)12-13-6-2-1-3-7-13/h1-10,20H,11-12H2,(H2,19,22). The molecule has 0 aliphatic heterocycles. The highest BCUT2D eigenvalue weighted by atomic mass is 32.2. The largest absolute Gasteiger partial charge is 0.368 e. The Morgan fingerprint density at radius 3 is 2.38 bits per heavy atom. The van der Waals surface area contributed by atoms with E-state index in [1.807, 2.05) is 0 Å². The summed E-state index contributed by atoms with van der Waals surface area (Å²) >= 11 is 0. The van der Waals surface area contributed by atoms with Crippen molar-refractivity contribution < 1.29 is 13.2 Å². The number of rotatable bonds is 6. The van der Waals surface area contributed by atoms with E-state index in [9.17, 15) is 18.0 Å². The number of benzene rings is 2. The Labute approximate surface area is 150 Å². The molecule has 8 heteroatoms. The number of primary amides is 1. The van der Waals surface area contributed by atoms with Crippen molar-refractivity contribution in [3.63, 3.8) is 0 Å². The van der Waals surface area contributed by atoms with Gasteiger partial charge in [-0.15, -0.1) is 0 Å². The van der Waals surface area contributed by atoms with Crippen molar-refractivity contribution in [3.8, 4) is 0 Å². The Morgan fingerprint density at radius 1 is 1.04 bits per heavy atom. The maximum Gasteiger partial charge on any atom is 0.275 e. The molecular formula is C18H17N3O4S. The molecule has 2 aromatic carbocycles. The van der Waals surface area contributed by atoms with Crippen molar-refractivity contribution in [2.45, 2.75) is 12.3 Å². The highest BCUT2D eigenvalue weighted by Crippen LogP contribution is 2.17. The number of aromatic nitrogens is 1. The van der Waals surface area contributed by atoms with Crippen LogP contribution in [0.25, 0.3) is 10.9 Å². The van der Waals surface area contributed by atoms with Crippen LogP contribution in [0.4, 0.5) is 5.69 Å². The summed E-state index contributed by atoms with van der Waals surface area (Å²) in [5.41, 5.74) is 5.57. The number of hydrogen-bond acceptors (Lipinski definition) is 4. The lowest BCUT2D eigenvalue weighted by molar-refractivity contribution is -0.118. The van der Waals surface area contributed by atoms with Crippen molar-refractivity contribution >= 4 is 32.5 Å². The fraction of sp³-hybridized carbons (Fsp3) is 0.111. The summed E-state index contributed by atoms with van der Waals surface area (Å²) in [7, 11) is -3.80. The van der Waals surface area contributed by atoms with Crippen LogP contribution < -0.4 is 16.0 Å². The molecule has 0 aliphatic rings. The molecule has 134 valence electrons. The summed E-state index contributed by atoms with van der Waals surface area (Å²) < 4.78 is 28.4. The Hall–Kier alpha value is -3.13. The number of carbonyl (C=O) groups excluding carboxylic acids is 1. The van der Waals surface area contributed by atoms with Crippen molar-refractivity contribution in [2.75, 3.05) is 4.72 Å². The summed E-state index contributed by atoms with van der Waals surface area (Å²) in [6, 6.07) is 17.0. The monoisotopic (exact) mass is 371 g/mol. The number of amides is 1. The number of carbonyl (C=O) groups is 1. The highest BCUT2D eigenvalue weighted by molar-refractivity contribution is 7.91. The third-order valence-electron chi connectivity index (χ3n) is 3.78. The summed E-state index contributed by atoms with van der Waals surface area (Å²) in [5, 5.41) is 0.616. The van der Waals surface area contributed by atoms with Gasteiger partial charge in [-0.05, 0) is 17.7 Å². The average molecular weight is 371 g/mol. The van der Waals surface area contributed by atoms with Gasteiger partial charge in [0, 0.05) is 5.39 Å². The van der Waals surface area contributed by atoms with E-state index in [0.717, 1.165) is 4.57 Å². The van der Waals surface area contributed by atoms with Gasteiger partial charge in [-0.2, -0.15) is 0 Å². The summed E-state index contributed by atoms with van der Waals surface area (Å²) in [4.78, 5) is 24.0. The van der Waals surface area contributed by atoms with E-state index in [0.29, 0.717) is 16.5 Å². The van der Waals surface area contributed by atoms with Crippen molar-refractivity contribution in [1.29, 1.82) is 0 Å². The first-order valence-corrected chi connectivity index (χ1v) is 9.46. The van der Waals surface area contributed by atoms with Crippen LogP contribution in [0, 0.1) is 0 Å². The third-order valence-corrected chi connectivity index (χ3v) is 5.03. The number of nitrogens with zero attached hydrogens (tertiary/aromatic N) is 1. The molecule has 0 bridgehead atoms. The van der Waals surface area contributed by atoms with E-state index in [-0.39, 0.29) is 18.0 Å². The van der Waals surface area contributed by atoms with Gasteiger partial charge < -0.3 is 5.73 Å². The second-order valence-corrected chi connectivity index (χ2v) is 7.54. The van der Waals surface area contributed by atoms with E-state index < -0.39 is 21.5 Å². The zero-order valence-electron chi connectivity index (χ0n) is 13.8. The Morgan fingerprint density at radius 2 is 1.69 bits per heavy atom. The van der Waals surface area contributed by atoms with Gasteiger partial charge in [-0.1, -0.05) is 48.5 Å². The lowest BCUT2D eigenvalue weighted by Gasteiger charge is -2.13. The normalized spacial score (nSPS) is 11.4. The van der Waals surface area contributed by atoms with Crippen molar-refractivity contribution in [2.24, 2.45) is 5.73 Å². The van der Waals surface area contributed by atoms with Gasteiger partial charge in [-0.25, -0.2) is 8.42 Å². The first-order chi connectivity index (χ1) is 12.4. The van der Waals surface area contributed by atoms with Crippen LogP contribution in [-0.2, 0) is 27.1 Å². The van der Waals surface area contributed by atoms with Crippen molar-refractivity contribution in [1.82, 2.24) is 4.57 Å². The molecule has 26 heavy (non-hydrogen) atoms. The lowest BCUT2D eigenvalue weighted by atomic mass is 10.2. The zero-order chi connectivity index (χ0) is 18.7. The van der Waals surface area contributed by atoms with Crippen LogP contribution in [0.15, 0.2) is 65.5 Å². The molecule has 1 heterocycles. The Bertz CT molecular complexity index is 1120. The molecule has 0 atom stereocenters. The Kier molecular flexibility index (Phi) is 4.77. The first kappa shape index (κ1) is 17.7. The third kappa shape index (κ3) is 3.92. The Balaban J connectivity index is 2.03. The van der Waals surface area contributed by atoms with Gasteiger partial charge in [-0.3, -0.25) is 18.9 Å². The minimum absolute atomic E-state index is 0.124. The van der Waals surface area contributed by atoms with Crippen LogP contribution in [0.2, 0.25) is 0 Å². The maximum absolute atomic E-state index is 12.7. The van der Waals surface area contributed by atoms with Gasteiger partial charge in [0.15, 0.2) is 0 Å². The first-order valence-electron chi connectivity index (χ1n) is 7.81. The number of para-hydroxylation sites is 1. The number of sulfonamides is 1. The molecule has 0 spiro atoms. The van der Waals surface area contributed by atoms with E-state index >= 15 is 0 Å². The number of nitrogens with two attached hydrogens (primary N) is 1. The van der Waals surface area contributed by atoms with Gasteiger partial charge in [0.2, 0.25) is 15.9 Å². The molecule has 0 saturated heterocycles. The minimum Gasteiger partial charge on any atom is -0.368 e. The second-order valence-electron chi connectivity index (χ2n) is 5.82. The van der Waals surface area contributed by atoms with Gasteiger partial charge >= 0.3 is 0 Å². The maximum atomic E-state index is 12.7. The second kappa shape index (κ2) is 7.01. The predicted octanol–water partition coefficient (Wildman–Crippen LogP) is 1.43. The topological polar surface area (TPSA) is 111 Å². The molecule has 0 unspecified atom stereocenters. The van der Waals surface area contributed by atoms with Crippen LogP contribution in [0.1, 0.15) is 5.56 Å². The molecular weight excluding hydrogens is 354 g/mol. The molecule has 3 N–H and O–H groups in total.